The molecule has 0 radical (unpaired) electrons. The first kappa shape index (κ1) is 122. The molecule has 8 saturated heterocycles. The van der Waals surface area contributed by atoms with Gasteiger partial charge in [0.1, 0.15) is 53.4 Å². The van der Waals surface area contributed by atoms with Crippen molar-refractivity contribution in [3.05, 3.63) is 58.6 Å². The minimum atomic E-state index is -1.02. The van der Waals surface area contributed by atoms with Gasteiger partial charge in [0.25, 0.3) is 6.47 Å². The molecule has 0 unspecified atom stereocenters. The topological polar surface area (TPSA) is 458 Å². The molecule has 9 fully saturated rings. The molecule has 14 atom stereocenters. The Hall–Kier alpha value is -3.59. The van der Waals surface area contributed by atoms with Crippen LogP contribution >= 0.6 is 35.6 Å². The molecule has 1 aliphatic carbocycles. The van der Waals surface area contributed by atoms with Gasteiger partial charge in [-0.15, -0.1) is 12.4 Å². The van der Waals surface area contributed by atoms with E-state index in [9.17, 15) is 48.3 Å². The molecular formula is C88H133Cl3Cs2LiN7O27. The van der Waals surface area contributed by atoms with Crippen molar-refractivity contribution in [2.45, 2.75) is 202 Å². The van der Waals surface area contributed by atoms with Gasteiger partial charge in [-0.3, -0.25) is 33.6 Å². The number of nitrogens with zero attached hydrogens (tertiary/aromatic N) is 5. The van der Waals surface area contributed by atoms with E-state index in [1.54, 1.807) is 47.1 Å². The Morgan fingerprint density at radius 2 is 0.938 bits per heavy atom. The van der Waals surface area contributed by atoms with Crippen molar-refractivity contribution in [3.8, 4) is 23.3 Å². The van der Waals surface area contributed by atoms with E-state index in [4.69, 9.17) is 91.5 Å². The number of nitrogens with two attached hydrogens (primary N) is 1. The van der Waals surface area contributed by atoms with E-state index >= 15 is 0 Å². The number of amides is 3. The van der Waals surface area contributed by atoms with E-state index < -0.39 is 53.8 Å². The van der Waals surface area contributed by atoms with Crippen molar-refractivity contribution in [2.24, 2.45) is 70.8 Å². The molecule has 6 N–H and O–H groups in total. The average molecular weight is 2100 g/mol. The van der Waals surface area contributed by atoms with Crippen LogP contribution in [0.25, 0.3) is 21.8 Å². The van der Waals surface area contributed by atoms with Crippen molar-refractivity contribution in [1.29, 1.82) is 0 Å². The molecular weight excluding hydrogens is 1970 g/mol. The number of rotatable bonds is 23. The number of hydrogen-bond donors (Lipinski definition) is 4. The van der Waals surface area contributed by atoms with Crippen molar-refractivity contribution >= 4 is 117 Å². The standard InChI is InChI=1S/C25H31ClN2O6.C24H29ClN2O6.C15H25NO4.C8H14O3.2C7H13NO2.CH2O3.CH4.ClH.2Cs.Li.H2O.H/c1-4-33-22-13-21(18-6-5-7-19(26)23(18)27-22)34-17-12-20(25(30)31-3)28(14-17)24(29)15(2)16-8-10-32-11-9-16;1-3-32-21-12-20(17-5-4-6-18(25)22(17)26-21)33-16-11-19(24(29)30)27(13-16)23(28)14(2)15-7-9-31-10-8-15;1-10-8-13(15(18)19-3)16(9-10)14(17)11(2)12-4-6-20-7-5-12;1-6(8(9)10)7-2-4-11-5-3-7;1-5-3-6(8-4-5)7(9)10-2;1-3-5-4-7(5,8)6(9)10-2;2-1-4-3;;;;;;;/h5-7,13,15-17,20H,4,8-12,14H2,1-3H3;4-6,12,14-16,19H,3,7-11,13H2,1-2H3,(H,29,30);10-13H,4-9H2,1-3H3;6-7H,2-5H2,1H3,(H,9,10);5-6,8H,3-4H2,1-2H3;5H,3-4,8H2,1-2H3;1,3H;1H4;1H;;;;1H2;/q;;;;;;;;;3*+1;;-1/p-2/t15-,17+,20-;14-,16+,19-;10-,11-,13-;6-;5-,6-;5-,7-;;;;;;;;/m000001......../s1. The molecule has 9 aliphatic rings. The summed E-state index contributed by atoms with van der Waals surface area (Å²) in [7, 11) is 5.53. The Morgan fingerprint density at radius 1 is 0.578 bits per heavy atom. The number of carbonyl (C=O) groups is 10. The van der Waals surface area contributed by atoms with Gasteiger partial charge in [-0.2, -0.15) is 0 Å². The Bertz CT molecular complexity index is 4110. The minimum absolute atomic E-state index is 0. The fourth-order valence-corrected chi connectivity index (χ4v) is 17.2. The van der Waals surface area contributed by atoms with E-state index in [0.717, 1.165) is 109 Å². The summed E-state index contributed by atoms with van der Waals surface area (Å²) in [5, 5.41) is 32.4. The van der Waals surface area contributed by atoms with Crippen LogP contribution in [0.15, 0.2) is 48.5 Å². The van der Waals surface area contributed by atoms with E-state index in [2.05, 4.69) is 43.5 Å². The molecule has 3 amide bonds. The number of halogens is 3. The predicted octanol–water partition coefficient (Wildman–Crippen LogP) is 1.13. The number of fused-ring (bicyclic) bond motifs is 2. The number of aliphatic carboxylic acids is 2. The maximum atomic E-state index is 13.4. The summed E-state index contributed by atoms with van der Waals surface area (Å²) in [6, 6.07) is 12.2. The molecule has 0 bridgehead atoms. The Labute approximate surface area is 899 Å². The number of aromatic nitrogens is 2. The van der Waals surface area contributed by atoms with Gasteiger partial charge in [0, 0.05) is 113 Å². The van der Waals surface area contributed by atoms with Crippen LogP contribution in [0.1, 0.15) is 161 Å². The number of likely N-dealkylation sites (tertiary alicyclic amines) is 3. The second-order valence-corrected chi connectivity index (χ2v) is 33.2. The summed E-state index contributed by atoms with van der Waals surface area (Å²) in [5.41, 5.74) is 6.17. The number of benzene rings is 2. The normalized spacial score (nSPS) is 23.7. The molecule has 0 spiro atoms. The maximum Gasteiger partial charge on any atom is 1.00 e. The number of ether oxygens (including phenoxy) is 12. The fraction of sp³-hybridized carbons (Fsp3) is 0.682. The molecule has 34 nitrogen and oxygen atoms in total. The third-order valence-electron chi connectivity index (χ3n) is 24.3. The Balaban J connectivity index is 0.00000159. The second kappa shape index (κ2) is 62.2. The molecule has 1 saturated carbocycles. The summed E-state index contributed by atoms with van der Waals surface area (Å²) in [6.07, 6.45) is 9.99. The smallest absolute Gasteiger partial charge is 1.00 e. The van der Waals surface area contributed by atoms with Gasteiger partial charge in [0.05, 0.1) is 81.7 Å². The van der Waals surface area contributed by atoms with Crippen LogP contribution in [0.2, 0.25) is 10.0 Å². The van der Waals surface area contributed by atoms with Gasteiger partial charge in [0.15, 0.2) is 0 Å². The first-order valence-corrected chi connectivity index (χ1v) is 43.1. The number of para-hydroxylation sites is 2. The van der Waals surface area contributed by atoms with Crippen LogP contribution in [0.4, 0.5) is 0 Å². The zero-order chi connectivity index (χ0) is 89.5. The van der Waals surface area contributed by atoms with Gasteiger partial charge in [-0.1, -0.05) is 97.6 Å². The van der Waals surface area contributed by atoms with Crippen molar-refractivity contribution in [3.63, 3.8) is 0 Å². The molecule has 13 rings (SSSR count). The van der Waals surface area contributed by atoms with Crippen molar-refractivity contribution in [1.82, 2.24) is 30.0 Å². The number of carboxylic acids is 2. The third kappa shape index (κ3) is 35.5. The third-order valence-corrected chi connectivity index (χ3v) is 24.9. The second-order valence-electron chi connectivity index (χ2n) is 32.4. The van der Waals surface area contributed by atoms with E-state index in [1.165, 1.54) is 33.3 Å². The molecule has 2 aromatic carbocycles. The van der Waals surface area contributed by atoms with Gasteiger partial charge >= 0.3 is 192 Å². The van der Waals surface area contributed by atoms with E-state index in [1.807, 2.05) is 59.7 Å². The van der Waals surface area contributed by atoms with Gasteiger partial charge in [0.2, 0.25) is 29.5 Å². The maximum absolute atomic E-state index is 13.4. The molecule has 706 valence electrons. The fourth-order valence-electron chi connectivity index (χ4n) is 16.8. The minimum Gasteiger partial charge on any atom is -1.00 e. The molecule has 128 heavy (non-hydrogen) atoms. The van der Waals surface area contributed by atoms with Gasteiger partial charge in [-0.05, 0) is 157 Å². The first-order chi connectivity index (χ1) is 58.4. The number of hydrogen-bond acceptors (Lipinski definition) is 29. The molecule has 2 aromatic heterocycles. The number of pyridine rings is 2. The summed E-state index contributed by atoms with van der Waals surface area (Å²) < 4.78 is 64.1. The first-order valence-electron chi connectivity index (χ1n) is 42.4. The van der Waals surface area contributed by atoms with Crippen LogP contribution in [0.3, 0.4) is 0 Å². The number of methoxy groups -OCH3 is 4. The largest absolute Gasteiger partial charge is 1.00 e. The van der Waals surface area contributed by atoms with E-state index in [0.29, 0.717) is 145 Å². The van der Waals surface area contributed by atoms with Crippen LogP contribution in [-0.4, -0.2) is 263 Å². The number of carboxylic acid groups (broad SMARTS) is 2. The quantitative estimate of drug-likeness (QED) is 0.0202. The Morgan fingerprint density at radius 3 is 1.26 bits per heavy atom. The summed E-state index contributed by atoms with van der Waals surface area (Å²) in [4.78, 5) is 133. The molecule has 8 aliphatic heterocycles. The SMILES string of the molecule is C.CCOc1cc(O[C@@H]2C[C@@H](C(=O)O)N(C(=O)[C@@H](C)C3CCOCC3)C2)c2cccc(Cl)c2n1.CCOc1cc(O[C@@H]2C[C@@H](C(=O)OC)N(C(=O)[C@@H](C)C3CCOCC3)C2)c2cccc(Cl)c2n1.CC[C@@H]1C[C@]1(N)C(=O)OC.COC(=O)[C@@H]1C[C@H](C)CN1.COC(=O)[C@@H]1C[C@H](C)CN1C(=O)[C@@H](C)C1CCOCC1.C[C@H](C(=O)O)C1CCOCC1.Cl.O=CO[O-].[Cs+].[Cs+].[H-].[Li+].[OH-]. The average Bonchev–Trinajstić information content (AvgIpc) is 1.60. The predicted molar refractivity (Wildman–Crippen MR) is 463 cm³/mol. The molecule has 4 aromatic rings. The van der Waals surface area contributed by atoms with E-state index in [-0.39, 0.29) is 280 Å². The van der Waals surface area contributed by atoms with Gasteiger partial charge in [-0.25, -0.2) is 24.4 Å². The summed E-state index contributed by atoms with van der Waals surface area (Å²) in [5.74, 6) is 0.605. The van der Waals surface area contributed by atoms with Crippen LogP contribution in [0, 0.1) is 65.1 Å². The van der Waals surface area contributed by atoms with Gasteiger partial charge < -0.3 is 110 Å². The van der Waals surface area contributed by atoms with Crippen molar-refractivity contribution in [2.75, 3.05) is 121 Å². The summed E-state index contributed by atoms with van der Waals surface area (Å²) >= 11 is 12.7. The number of nitrogens with one attached hydrogen (secondary N) is 1. The number of carbonyl (C=O) groups excluding carboxylic acids is 8. The Kier molecular flexibility index (Phi) is 59.5. The zero-order valence-corrected chi connectivity index (χ0v) is 91.3. The number of esters is 4. The van der Waals surface area contributed by atoms with Crippen LogP contribution in [0.5, 0.6) is 23.3 Å². The molecule has 40 heteroatoms. The monoisotopic (exact) mass is 2100 g/mol. The molecule has 10 heterocycles. The van der Waals surface area contributed by atoms with Crippen LogP contribution in [-0.2, 0) is 90.7 Å². The van der Waals surface area contributed by atoms with Crippen molar-refractivity contribution < 1.29 is 289 Å². The summed E-state index contributed by atoms with van der Waals surface area (Å²) in [6.45, 7) is 25.8. The zero-order valence-electron chi connectivity index (χ0n) is 77.4. The van der Waals surface area contributed by atoms with Crippen LogP contribution < -0.4 is 192 Å².